The van der Waals surface area contributed by atoms with Gasteiger partial charge >= 0.3 is 0 Å². The quantitative estimate of drug-likeness (QED) is 0.898. The average Bonchev–Trinajstić information content (AvgIpc) is 2.18. The van der Waals surface area contributed by atoms with E-state index in [0.717, 1.165) is 12.7 Å². The van der Waals surface area contributed by atoms with Crippen LogP contribution in [0.15, 0.2) is 11.0 Å². The van der Waals surface area contributed by atoms with E-state index in [2.05, 4.69) is 4.98 Å². The maximum atomic E-state index is 11.6. The van der Waals surface area contributed by atoms with E-state index in [9.17, 15) is 13.5 Å². The zero-order chi connectivity index (χ0) is 13.2. The number of hydrogen-bond donors (Lipinski definition) is 1. The Labute approximate surface area is 103 Å². The fourth-order valence-corrected chi connectivity index (χ4v) is 2.60. The third-order valence-corrected chi connectivity index (χ3v) is 3.66. The van der Waals surface area contributed by atoms with E-state index in [-0.39, 0.29) is 16.6 Å². The first-order valence-corrected chi connectivity index (χ1v) is 7.59. The molecular weight excluding hydrogens is 238 g/mol. The van der Waals surface area contributed by atoms with E-state index in [4.69, 9.17) is 0 Å². The zero-order valence-electron chi connectivity index (χ0n) is 10.7. The van der Waals surface area contributed by atoms with Gasteiger partial charge in [-0.25, -0.2) is 8.42 Å². The number of aryl methyl sites for hydroxylation is 1. The van der Waals surface area contributed by atoms with Crippen LogP contribution in [0.4, 0.5) is 0 Å². The molecule has 1 N–H and O–H groups in total. The fraction of sp³-hybridized carbons (Fsp3) is 0.583. The Balaban J connectivity index is 3.46. The van der Waals surface area contributed by atoms with Crippen molar-refractivity contribution in [3.63, 3.8) is 0 Å². The van der Waals surface area contributed by atoms with E-state index in [0.29, 0.717) is 17.8 Å². The van der Waals surface area contributed by atoms with Crippen LogP contribution in [-0.4, -0.2) is 24.8 Å². The first-order chi connectivity index (χ1) is 7.77. The van der Waals surface area contributed by atoms with Crippen LogP contribution in [0, 0.1) is 0 Å². The molecule has 1 rings (SSSR count). The van der Waals surface area contributed by atoms with Gasteiger partial charge in [0.2, 0.25) is 0 Å². The van der Waals surface area contributed by atoms with Crippen LogP contribution in [0.5, 0.6) is 5.75 Å². The molecule has 0 fully saturated rings. The highest BCUT2D eigenvalue weighted by Crippen LogP contribution is 2.28. The molecule has 0 atom stereocenters. The van der Waals surface area contributed by atoms with Crippen LogP contribution in [0.3, 0.4) is 0 Å². The second-order valence-corrected chi connectivity index (χ2v) is 6.50. The molecule has 17 heavy (non-hydrogen) atoms. The number of nitrogens with zero attached hydrogens (tertiary/aromatic N) is 1. The SMILES string of the molecule is CCCc1nc(C(C)C)c(O)cc1S(C)(=O)=O. The number of aromatic hydroxyl groups is 1. The van der Waals surface area contributed by atoms with Gasteiger partial charge in [0.1, 0.15) is 5.75 Å². The second kappa shape index (κ2) is 5.04. The number of pyridine rings is 1. The van der Waals surface area contributed by atoms with Crippen molar-refractivity contribution >= 4 is 9.84 Å². The van der Waals surface area contributed by atoms with E-state index in [1.165, 1.54) is 6.07 Å². The summed E-state index contributed by atoms with van der Waals surface area (Å²) in [6.45, 7) is 5.80. The van der Waals surface area contributed by atoms with E-state index in [1.807, 2.05) is 20.8 Å². The molecule has 1 heterocycles. The van der Waals surface area contributed by atoms with Crippen molar-refractivity contribution in [1.29, 1.82) is 0 Å². The van der Waals surface area contributed by atoms with Crippen LogP contribution < -0.4 is 0 Å². The van der Waals surface area contributed by atoms with Crippen molar-refractivity contribution in [1.82, 2.24) is 4.98 Å². The Hall–Kier alpha value is -1.10. The third-order valence-electron chi connectivity index (χ3n) is 2.50. The zero-order valence-corrected chi connectivity index (χ0v) is 11.5. The van der Waals surface area contributed by atoms with E-state index < -0.39 is 9.84 Å². The summed E-state index contributed by atoms with van der Waals surface area (Å²) in [4.78, 5) is 4.44. The highest BCUT2D eigenvalue weighted by Gasteiger charge is 2.19. The smallest absolute Gasteiger partial charge is 0.177 e. The molecule has 0 aliphatic carbocycles. The molecular formula is C12H19NO3S. The maximum absolute atomic E-state index is 11.6. The van der Waals surface area contributed by atoms with Crippen molar-refractivity contribution in [2.45, 2.75) is 44.4 Å². The van der Waals surface area contributed by atoms with Gasteiger partial charge in [0.15, 0.2) is 9.84 Å². The second-order valence-electron chi connectivity index (χ2n) is 4.51. The molecule has 5 heteroatoms. The summed E-state index contributed by atoms with van der Waals surface area (Å²) in [7, 11) is -3.34. The fourth-order valence-electron chi connectivity index (χ4n) is 1.70. The van der Waals surface area contributed by atoms with Crippen molar-refractivity contribution in [3.8, 4) is 5.75 Å². The van der Waals surface area contributed by atoms with Gasteiger partial charge in [-0.2, -0.15) is 0 Å². The molecule has 0 aromatic carbocycles. The normalized spacial score (nSPS) is 12.1. The molecule has 0 amide bonds. The first-order valence-electron chi connectivity index (χ1n) is 5.70. The van der Waals surface area contributed by atoms with Gasteiger partial charge in [0, 0.05) is 12.3 Å². The van der Waals surface area contributed by atoms with Crippen molar-refractivity contribution in [2.75, 3.05) is 6.26 Å². The van der Waals surface area contributed by atoms with Gasteiger partial charge in [-0.15, -0.1) is 0 Å². The molecule has 1 aromatic rings. The van der Waals surface area contributed by atoms with Crippen molar-refractivity contribution in [3.05, 3.63) is 17.5 Å². The molecule has 4 nitrogen and oxygen atoms in total. The minimum Gasteiger partial charge on any atom is -0.506 e. The Morgan fingerprint density at radius 1 is 1.41 bits per heavy atom. The van der Waals surface area contributed by atoms with Crippen LogP contribution in [-0.2, 0) is 16.3 Å². The Morgan fingerprint density at radius 3 is 2.41 bits per heavy atom. The van der Waals surface area contributed by atoms with Crippen molar-refractivity contribution in [2.24, 2.45) is 0 Å². The van der Waals surface area contributed by atoms with Crippen LogP contribution in [0.1, 0.15) is 44.5 Å². The first kappa shape index (κ1) is 14.0. The summed E-state index contributed by atoms with van der Waals surface area (Å²) in [5, 5.41) is 9.79. The summed E-state index contributed by atoms with van der Waals surface area (Å²) >= 11 is 0. The molecule has 0 aliphatic rings. The predicted molar refractivity (Wildman–Crippen MR) is 67.1 cm³/mol. The summed E-state index contributed by atoms with van der Waals surface area (Å²) in [6, 6.07) is 1.32. The highest BCUT2D eigenvalue weighted by atomic mass is 32.2. The minimum absolute atomic E-state index is 0.0414. The van der Waals surface area contributed by atoms with Gasteiger partial charge in [0.25, 0.3) is 0 Å². The third kappa shape index (κ3) is 3.19. The van der Waals surface area contributed by atoms with Gasteiger partial charge in [-0.05, 0) is 12.3 Å². The minimum atomic E-state index is -3.34. The molecule has 0 saturated carbocycles. The number of sulfone groups is 1. The van der Waals surface area contributed by atoms with Gasteiger partial charge in [-0.1, -0.05) is 27.2 Å². The van der Waals surface area contributed by atoms with Crippen LogP contribution >= 0.6 is 0 Å². The Morgan fingerprint density at radius 2 is 2.00 bits per heavy atom. The summed E-state index contributed by atoms with van der Waals surface area (Å²) in [5.74, 6) is 0.0273. The number of aromatic nitrogens is 1. The lowest BCUT2D eigenvalue weighted by Gasteiger charge is -2.13. The molecule has 0 aliphatic heterocycles. The van der Waals surface area contributed by atoms with Gasteiger partial charge < -0.3 is 5.11 Å². The molecule has 96 valence electrons. The average molecular weight is 257 g/mol. The van der Waals surface area contributed by atoms with E-state index in [1.54, 1.807) is 0 Å². The highest BCUT2D eigenvalue weighted by molar-refractivity contribution is 7.90. The number of rotatable bonds is 4. The van der Waals surface area contributed by atoms with Gasteiger partial charge in [0.05, 0.1) is 16.3 Å². The maximum Gasteiger partial charge on any atom is 0.177 e. The lowest BCUT2D eigenvalue weighted by atomic mass is 10.1. The van der Waals surface area contributed by atoms with Crippen LogP contribution in [0.25, 0.3) is 0 Å². The van der Waals surface area contributed by atoms with Crippen molar-refractivity contribution < 1.29 is 13.5 Å². The molecule has 1 aromatic heterocycles. The number of hydrogen-bond acceptors (Lipinski definition) is 4. The molecule has 0 unspecified atom stereocenters. The largest absolute Gasteiger partial charge is 0.506 e. The summed E-state index contributed by atoms with van der Waals surface area (Å²) < 4.78 is 23.2. The molecule has 0 bridgehead atoms. The predicted octanol–water partition coefficient (Wildman–Crippen LogP) is 2.27. The lowest BCUT2D eigenvalue weighted by molar-refractivity contribution is 0.455. The summed E-state index contributed by atoms with van der Waals surface area (Å²) in [5.41, 5.74) is 1.11. The Kier molecular flexibility index (Phi) is 4.14. The Bertz CT molecular complexity index is 507. The molecule has 0 spiro atoms. The standard InChI is InChI=1S/C12H19NO3S/c1-5-6-9-11(17(4,15)16)7-10(14)12(13-9)8(2)3/h7-8,14H,5-6H2,1-4H3. The van der Waals surface area contributed by atoms with E-state index >= 15 is 0 Å². The lowest BCUT2D eigenvalue weighted by Crippen LogP contribution is -2.08. The molecule has 0 saturated heterocycles. The molecule has 0 radical (unpaired) electrons. The summed E-state index contributed by atoms with van der Waals surface area (Å²) in [6.07, 6.45) is 2.55. The monoisotopic (exact) mass is 257 g/mol. The van der Waals surface area contributed by atoms with Crippen LogP contribution in [0.2, 0.25) is 0 Å². The van der Waals surface area contributed by atoms with Gasteiger partial charge in [-0.3, -0.25) is 4.98 Å². The topological polar surface area (TPSA) is 67.3 Å².